The fourth-order valence-corrected chi connectivity index (χ4v) is 5.09. The Morgan fingerprint density at radius 2 is 1.85 bits per heavy atom. The van der Waals surface area contributed by atoms with Gasteiger partial charge >= 0.3 is 6.09 Å². The largest absolute Gasteiger partial charge is 0.457 e. The summed E-state index contributed by atoms with van der Waals surface area (Å²) in [6.07, 6.45) is 3.07. The number of aryl methyl sites for hydroxylation is 2. The minimum absolute atomic E-state index is 0.170. The summed E-state index contributed by atoms with van der Waals surface area (Å²) in [5, 5.41) is 0. The van der Waals surface area contributed by atoms with Crippen LogP contribution in [0.3, 0.4) is 0 Å². The SMILES string of the molecule is CCCC(=O)Cc1cccc(Oc2ccc(-c3cn(C)c(C)n3)cc2CN2C(=O)O[C@H](c3ccccc3)[C@@H]2C)c1. The Labute approximate surface area is 235 Å². The van der Waals surface area contributed by atoms with Gasteiger partial charge in [-0.05, 0) is 61.7 Å². The Morgan fingerprint density at radius 1 is 1.05 bits per heavy atom. The van der Waals surface area contributed by atoms with Crippen molar-refractivity contribution in [2.24, 2.45) is 7.05 Å². The summed E-state index contributed by atoms with van der Waals surface area (Å²) in [6.45, 7) is 6.29. The highest BCUT2D eigenvalue weighted by atomic mass is 16.6. The van der Waals surface area contributed by atoms with Crippen molar-refractivity contribution in [3.05, 3.63) is 102 Å². The molecule has 3 aromatic carbocycles. The smallest absolute Gasteiger partial charge is 0.411 e. The van der Waals surface area contributed by atoms with Gasteiger partial charge in [0.2, 0.25) is 0 Å². The van der Waals surface area contributed by atoms with E-state index < -0.39 is 0 Å². The van der Waals surface area contributed by atoms with Crippen LogP contribution >= 0.6 is 0 Å². The lowest BCUT2D eigenvalue weighted by molar-refractivity contribution is -0.118. The molecule has 7 heteroatoms. The van der Waals surface area contributed by atoms with Crippen molar-refractivity contribution in [2.45, 2.75) is 58.7 Å². The average molecular weight is 538 g/mol. The molecular weight excluding hydrogens is 502 g/mol. The van der Waals surface area contributed by atoms with E-state index in [0.717, 1.165) is 40.2 Å². The number of Topliss-reactive ketones (excluding diaryl/α,β-unsaturated/α-hetero) is 1. The summed E-state index contributed by atoms with van der Waals surface area (Å²) in [4.78, 5) is 31.7. The summed E-state index contributed by atoms with van der Waals surface area (Å²) in [5.74, 6) is 2.40. The second-order valence-electron chi connectivity index (χ2n) is 10.4. The molecule has 1 amide bonds. The Balaban J connectivity index is 1.45. The Bertz CT molecular complexity index is 1490. The van der Waals surface area contributed by atoms with Crippen LogP contribution in [0.15, 0.2) is 79.0 Å². The first-order valence-corrected chi connectivity index (χ1v) is 13.8. The van der Waals surface area contributed by atoms with Crippen molar-refractivity contribution >= 4 is 11.9 Å². The Kier molecular flexibility index (Phi) is 8.01. The number of rotatable bonds is 10. The van der Waals surface area contributed by atoms with Gasteiger partial charge in [0.05, 0.1) is 18.3 Å². The lowest BCUT2D eigenvalue weighted by Crippen LogP contribution is -2.31. The number of carbonyl (C=O) groups excluding carboxylic acids is 2. The first kappa shape index (κ1) is 27.2. The summed E-state index contributed by atoms with van der Waals surface area (Å²) < 4.78 is 14.2. The molecule has 1 fully saturated rings. The number of ketones is 1. The van der Waals surface area contributed by atoms with Crippen LogP contribution < -0.4 is 4.74 Å². The van der Waals surface area contributed by atoms with Crippen molar-refractivity contribution in [3.63, 3.8) is 0 Å². The predicted octanol–water partition coefficient (Wildman–Crippen LogP) is 7.18. The number of ether oxygens (including phenoxy) is 2. The van der Waals surface area contributed by atoms with E-state index >= 15 is 0 Å². The molecule has 2 atom stereocenters. The molecule has 40 heavy (non-hydrogen) atoms. The molecule has 0 radical (unpaired) electrons. The number of imidazole rings is 1. The number of aromatic nitrogens is 2. The molecule has 0 aliphatic carbocycles. The summed E-state index contributed by atoms with van der Waals surface area (Å²) >= 11 is 0. The first-order valence-electron chi connectivity index (χ1n) is 13.8. The van der Waals surface area contributed by atoms with Gasteiger partial charge in [0.25, 0.3) is 0 Å². The number of nitrogens with zero attached hydrogens (tertiary/aromatic N) is 3. The molecular formula is C33H35N3O4. The van der Waals surface area contributed by atoms with Gasteiger partial charge in [-0.15, -0.1) is 0 Å². The van der Waals surface area contributed by atoms with Gasteiger partial charge in [0.15, 0.2) is 0 Å². The number of hydrogen-bond acceptors (Lipinski definition) is 5. The molecule has 2 heterocycles. The molecule has 0 saturated carbocycles. The van der Waals surface area contributed by atoms with Gasteiger partial charge in [-0.25, -0.2) is 9.78 Å². The van der Waals surface area contributed by atoms with Crippen LogP contribution in [-0.2, 0) is 29.5 Å². The number of cyclic esters (lactones) is 1. The van der Waals surface area contributed by atoms with Crippen molar-refractivity contribution in [3.8, 4) is 22.8 Å². The molecule has 4 aromatic rings. The van der Waals surface area contributed by atoms with Crippen LogP contribution in [0, 0.1) is 6.92 Å². The fraction of sp³-hybridized carbons (Fsp3) is 0.303. The zero-order valence-electron chi connectivity index (χ0n) is 23.5. The van der Waals surface area contributed by atoms with Crippen LogP contribution in [0.4, 0.5) is 4.79 Å². The number of amides is 1. The van der Waals surface area contributed by atoms with E-state index in [1.165, 1.54) is 0 Å². The van der Waals surface area contributed by atoms with E-state index in [1.807, 2.05) is 111 Å². The lowest BCUT2D eigenvalue weighted by Gasteiger charge is -2.22. The standard InChI is InChI=1S/C33H35N3O4/c1-5-10-28(37)17-24-11-9-14-29(18-24)39-31-16-15-26(30-21-35(4)23(3)34-30)19-27(31)20-36-22(2)32(40-33(36)38)25-12-7-6-8-13-25/h6-9,11-16,18-19,21-22,32H,5,10,17,20H2,1-4H3/t22-,32-/m0/s1. The third-order valence-corrected chi connectivity index (χ3v) is 7.38. The van der Waals surface area contributed by atoms with Gasteiger partial charge in [-0.2, -0.15) is 0 Å². The summed E-state index contributed by atoms with van der Waals surface area (Å²) in [6, 6.07) is 23.2. The van der Waals surface area contributed by atoms with E-state index in [4.69, 9.17) is 9.47 Å². The molecule has 1 aromatic heterocycles. The van der Waals surface area contributed by atoms with E-state index in [-0.39, 0.29) is 24.0 Å². The molecule has 1 aliphatic heterocycles. The fourth-order valence-electron chi connectivity index (χ4n) is 5.09. The summed E-state index contributed by atoms with van der Waals surface area (Å²) in [7, 11) is 1.97. The highest BCUT2D eigenvalue weighted by Crippen LogP contribution is 2.37. The zero-order valence-corrected chi connectivity index (χ0v) is 23.5. The molecule has 0 N–H and O–H groups in total. The highest BCUT2D eigenvalue weighted by molar-refractivity contribution is 5.80. The number of carbonyl (C=O) groups is 2. The third kappa shape index (κ3) is 5.93. The van der Waals surface area contributed by atoms with Crippen molar-refractivity contribution in [2.75, 3.05) is 0 Å². The topological polar surface area (TPSA) is 73.7 Å². The molecule has 0 unspecified atom stereocenters. The second-order valence-corrected chi connectivity index (χ2v) is 10.4. The van der Waals surface area contributed by atoms with Crippen LogP contribution in [0.25, 0.3) is 11.3 Å². The van der Waals surface area contributed by atoms with Crippen LogP contribution in [0.1, 0.15) is 55.3 Å². The van der Waals surface area contributed by atoms with Crippen molar-refractivity contribution < 1.29 is 19.1 Å². The third-order valence-electron chi connectivity index (χ3n) is 7.38. The zero-order chi connectivity index (χ0) is 28.2. The monoisotopic (exact) mass is 537 g/mol. The van der Waals surface area contributed by atoms with Gasteiger partial charge in [0.1, 0.15) is 29.2 Å². The molecule has 0 bridgehead atoms. The normalized spacial score (nSPS) is 16.7. The highest BCUT2D eigenvalue weighted by Gasteiger charge is 2.40. The van der Waals surface area contributed by atoms with E-state index in [2.05, 4.69) is 4.98 Å². The van der Waals surface area contributed by atoms with Gasteiger partial charge < -0.3 is 14.0 Å². The molecule has 7 nitrogen and oxygen atoms in total. The second kappa shape index (κ2) is 11.8. The molecule has 206 valence electrons. The van der Waals surface area contributed by atoms with E-state index in [1.54, 1.807) is 4.90 Å². The molecule has 0 spiro atoms. The Hall–Kier alpha value is -4.39. The quantitative estimate of drug-likeness (QED) is 0.214. The maximum absolute atomic E-state index is 13.1. The van der Waals surface area contributed by atoms with Crippen LogP contribution in [0.5, 0.6) is 11.5 Å². The number of benzene rings is 3. The van der Waals surface area contributed by atoms with Gasteiger partial charge in [0, 0.05) is 37.2 Å². The lowest BCUT2D eigenvalue weighted by atomic mass is 10.0. The Morgan fingerprint density at radius 3 is 2.58 bits per heavy atom. The maximum atomic E-state index is 13.1. The molecule has 5 rings (SSSR count). The van der Waals surface area contributed by atoms with Crippen LogP contribution in [-0.4, -0.2) is 32.4 Å². The van der Waals surface area contributed by atoms with Crippen molar-refractivity contribution in [1.82, 2.24) is 14.5 Å². The maximum Gasteiger partial charge on any atom is 0.411 e. The minimum atomic E-state index is -0.358. The van der Waals surface area contributed by atoms with Crippen LogP contribution in [0.2, 0.25) is 0 Å². The summed E-state index contributed by atoms with van der Waals surface area (Å²) in [5.41, 5.74) is 4.51. The van der Waals surface area contributed by atoms with E-state index in [9.17, 15) is 9.59 Å². The molecule has 1 saturated heterocycles. The number of hydrogen-bond donors (Lipinski definition) is 0. The predicted molar refractivity (Wildman–Crippen MR) is 154 cm³/mol. The minimum Gasteiger partial charge on any atom is -0.457 e. The van der Waals surface area contributed by atoms with Gasteiger partial charge in [-0.3, -0.25) is 9.69 Å². The first-order chi connectivity index (χ1) is 19.3. The molecule has 1 aliphatic rings. The van der Waals surface area contributed by atoms with Gasteiger partial charge in [-0.1, -0.05) is 49.4 Å². The average Bonchev–Trinajstić information content (AvgIpc) is 3.43. The van der Waals surface area contributed by atoms with E-state index in [0.29, 0.717) is 30.9 Å². The van der Waals surface area contributed by atoms with Crippen molar-refractivity contribution in [1.29, 1.82) is 0 Å².